The van der Waals surface area contributed by atoms with E-state index in [1.165, 1.54) is 0 Å². The van der Waals surface area contributed by atoms with Crippen LogP contribution < -0.4 is 19.3 Å². The third-order valence-corrected chi connectivity index (χ3v) is 5.69. The van der Waals surface area contributed by atoms with E-state index >= 15 is 0 Å². The van der Waals surface area contributed by atoms with Gasteiger partial charge in [-0.15, -0.1) is 10.2 Å². The van der Waals surface area contributed by atoms with Gasteiger partial charge >= 0.3 is 0 Å². The van der Waals surface area contributed by atoms with Crippen molar-refractivity contribution >= 4 is 23.3 Å². The summed E-state index contributed by atoms with van der Waals surface area (Å²) in [6.07, 6.45) is 0.828. The molecule has 2 aliphatic rings. The Morgan fingerprint density at radius 2 is 1.87 bits per heavy atom. The summed E-state index contributed by atoms with van der Waals surface area (Å²) in [5, 5.41) is 8.21. The van der Waals surface area contributed by atoms with E-state index in [4.69, 9.17) is 9.47 Å². The number of anilines is 2. The number of ether oxygens (including phenoxy) is 2. The highest BCUT2D eigenvalue weighted by Crippen LogP contribution is 2.29. The van der Waals surface area contributed by atoms with E-state index in [0.29, 0.717) is 25.5 Å². The Kier molecular flexibility index (Phi) is 5.92. The summed E-state index contributed by atoms with van der Waals surface area (Å²) in [6.45, 7) is 1.49. The van der Waals surface area contributed by atoms with Crippen LogP contribution in [0.1, 0.15) is 12.8 Å². The largest absolute Gasteiger partial charge is 0.497 e. The van der Waals surface area contributed by atoms with Gasteiger partial charge in [0.15, 0.2) is 5.82 Å². The first-order chi connectivity index (χ1) is 14.9. The second kappa shape index (κ2) is 8.79. The maximum Gasteiger partial charge on any atom is 0.233 e. The Labute approximate surface area is 181 Å². The van der Waals surface area contributed by atoms with Gasteiger partial charge in [-0.05, 0) is 30.3 Å². The number of carbonyl (C=O) groups is 2. The molecule has 0 spiro atoms. The Bertz CT molecular complexity index is 932. The Morgan fingerprint density at radius 1 is 1.10 bits per heavy atom. The van der Waals surface area contributed by atoms with E-state index < -0.39 is 0 Å². The minimum Gasteiger partial charge on any atom is -0.497 e. The molecule has 2 aliphatic heterocycles. The molecule has 0 radical (unpaired) electrons. The van der Waals surface area contributed by atoms with Crippen LogP contribution in [0, 0.1) is 5.92 Å². The molecule has 2 aromatic rings. The van der Waals surface area contributed by atoms with Crippen LogP contribution in [-0.4, -0.2) is 73.9 Å². The van der Waals surface area contributed by atoms with Gasteiger partial charge in [-0.2, -0.15) is 0 Å². The number of amides is 2. The van der Waals surface area contributed by atoms with Crippen molar-refractivity contribution in [2.45, 2.75) is 18.9 Å². The molecular formula is C22H27N5O4. The summed E-state index contributed by atoms with van der Waals surface area (Å²) in [7, 11) is 5.40. The van der Waals surface area contributed by atoms with Crippen LogP contribution in [-0.2, 0) is 9.59 Å². The first-order valence-corrected chi connectivity index (χ1v) is 10.4. The van der Waals surface area contributed by atoms with E-state index in [9.17, 15) is 9.59 Å². The molecule has 2 saturated heterocycles. The van der Waals surface area contributed by atoms with Gasteiger partial charge in [0.05, 0.1) is 19.6 Å². The average molecular weight is 425 g/mol. The average Bonchev–Trinajstić information content (AvgIpc) is 3.40. The predicted molar refractivity (Wildman–Crippen MR) is 115 cm³/mol. The van der Waals surface area contributed by atoms with Crippen LogP contribution in [0.2, 0.25) is 0 Å². The molecule has 1 aromatic heterocycles. The lowest BCUT2D eigenvalue weighted by atomic mass is 10.1. The van der Waals surface area contributed by atoms with E-state index in [1.807, 2.05) is 49.3 Å². The lowest BCUT2D eigenvalue weighted by Crippen LogP contribution is -2.37. The maximum atomic E-state index is 13.0. The molecule has 0 aliphatic carbocycles. The highest BCUT2D eigenvalue weighted by Gasteiger charge is 2.39. The monoisotopic (exact) mass is 425 g/mol. The number of methoxy groups -OCH3 is 1. The van der Waals surface area contributed by atoms with Gasteiger partial charge in [0, 0.05) is 51.8 Å². The Morgan fingerprint density at radius 3 is 2.52 bits per heavy atom. The lowest BCUT2D eigenvalue weighted by Gasteiger charge is -2.21. The highest BCUT2D eigenvalue weighted by atomic mass is 16.5. The van der Waals surface area contributed by atoms with Gasteiger partial charge in [-0.3, -0.25) is 9.59 Å². The molecule has 9 nitrogen and oxygen atoms in total. The predicted octanol–water partition coefficient (Wildman–Crippen LogP) is 1.58. The molecule has 164 valence electrons. The number of aromatic nitrogens is 2. The van der Waals surface area contributed by atoms with Crippen molar-refractivity contribution in [2.24, 2.45) is 5.92 Å². The molecule has 1 aromatic carbocycles. The van der Waals surface area contributed by atoms with Crippen molar-refractivity contribution in [3.63, 3.8) is 0 Å². The number of hydrogen-bond donors (Lipinski definition) is 0. The van der Waals surface area contributed by atoms with Gasteiger partial charge in [0.2, 0.25) is 17.7 Å². The molecular weight excluding hydrogens is 398 g/mol. The third-order valence-electron chi connectivity index (χ3n) is 5.69. The number of rotatable bonds is 6. The number of hydrogen-bond acceptors (Lipinski definition) is 7. The summed E-state index contributed by atoms with van der Waals surface area (Å²) < 4.78 is 11.1. The molecule has 3 heterocycles. The summed E-state index contributed by atoms with van der Waals surface area (Å²) in [5.41, 5.74) is 0.781. The molecule has 31 heavy (non-hydrogen) atoms. The van der Waals surface area contributed by atoms with Gasteiger partial charge in [0.1, 0.15) is 11.9 Å². The Balaban J connectivity index is 1.33. The Hall–Kier alpha value is -3.36. The lowest BCUT2D eigenvalue weighted by molar-refractivity contribution is -0.135. The van der Waals surface area contributed by atoms with Crippen molar-refractivity contribution in [3.05, 3.63) is 36.4 Å². The van der Waals surface area contributed by atoms with E-state index in [2.05, 4.69) is 10.2 Å². The quantitative estimate of drug-likeness (QED) is 0.694. The molecule has 0 bridgehead atoms. The van der Waals surface area contributed by atoms with Crippen LogP contribution >= 0.6 is 0 Å². The number of likely N-dealkylation sites (tertiary alicyclic amines) is 1. The molecule has 0 N–H and O–H groups in total. The molecule has 9 heteroatoms. The first kappa shape index (κ1) is 20.9. The highest BCUT2D eigenvalue weighted by molar-refractivity contribution is 6.00. The molecule has 2 atom stereocenters. The van der Waals surface area contributed by atoms with Crippen LogP contribution in [0.4, 0.5) is 11.5 Å². The minimum atomic E-state index is -0.340. The minimum absolute atomic E-state index is 0.00417. The van der Waals surface area contributed by atoms with Crippen LogP contribution in [0.5, 0.6) is 11.6 Å². The van der Waals surface area contributed by atoms with E-state index in [0.717, 1.165) is 23.7 Å². The van der Waals surface area contributed by atoms with E-state index in [1.54, 1.807) is 23.0 Å². The molecule has 2 fully saturated rings. The standard InChI is InChI=1S/C22H27N5O4/c1-25(2)19-8-9-20(24-23-19)31-18-10-11-26(14-18)22(29)15-12-21(28)27(13-15)16-4-6-17(30-3)7-5-16/h4-9,15,18H,10-14H2,1-3H3. The zero-order valence-electron chi connectivity index (χ0n) is 18.0. The van der Waals surface area contributed by atoms with Crippen molar-refractivity contribution < 1.29 is 19.1 Å². The van der Waals surface area contributed by atoms with Crippen molar-refractivity contribution in [3.8, 4) is 11.6 Å². The van der Waals surface area contributed by atoms with Crippen molar-refractivity contribution in [1.82, 2.24) is 15.1 Å². The van der Waals surface area contributed by atoms with Gasteiger partial charge in [0.25, 0.3) is 0 Å². The van der Waals surface area contributed by atoms with Crippen LogP contribution in [0.25, 0.3) is 0 Å². The fraction of sp³-hybridized carbons (Fsp3) is 0.455. The zero-order chi connectivity index (χ0) is 22.0. The van der Waals surface area contributed by atoms with Crippen LogP contribution in [0.3, 0.4) is 0 Å². The number of benzene rings is 1. The van der Waals surface area contributed by atoms with Gasteiger partial charge in [-0.25, -0.2) is 0 Å². The maximum absolute atomic E-state index is 13.0. The van der Waals surface area contributed by atoms with Crippen molar-refractivity contribution in [1.29, 1.82) is 0 Å². The topological polar surface area (TPSA) is 88.1 Å². The second-order valence-corrected chi connectivity index (χ2v) is 8.04. The molecule has 4 rings (SSSR count). The fourth-order valence-electron chi connectivity index (χ4n) is 3.95. The van der Waals surface area contributed by atoms with Crippen LogP contribution in [0.15, 0.2) is 36.4 Å². The third kappa shape index (κ3) is 4.55. The number of carbonyl (C=O) groups excluding carboxylic acids is 2. The zero-order valence-corrected chi connectivity index (χ0v) is 18.0. The molecule has 2 unspecified atom stereocenters. The normalized spacial score (nSPS) is 20.8. The van der Waals surface area contributed by atoms with Gasteiger partial charge < -0.3 is 24.2 Å². The smallest absolute Gasteiger partial charge is 0.233 e. The molecule has 2 amide bonds. The SMILES string of the molecule is COc1ccc(N2CC(C(=O)N3CCC(Oc4ccc(N(C)C)nn4)C3)CC2=O)cc1. The second-order valence-electron chi connectivity index (χ2n) is 8.04. The van der Waals surface area contributed by atoms with Crippen molar-refractivity contribution in [2.75, 3.05) is 50.6 Å². The summed E-state index contributed by atoms with van der Waals surface area (Å²) in [4.78, 5) is 30.9. The van der Waals surface area contributed by atoms with Gasteiger partial charge in [-0.1, -0.05) is 0 Å². The summed E-state index contributed by atoms with van der Waals surface area (Å²) in [6, 6.07) is 10.9. The first-order valence-electron chi connectivity index (χ1n) is 10.4. The summed E-state index contributed by atoms with van der Waals surface area (Å²) >= 11 is 0. The molecule has 0 saturated carbocycles. The summed E-state index contributed by atoms with van der Waals surface area (Å²) in [5.74, 6) is 1.56. The van der Waals surface area contributed by atoms with E-state index in [-0.39, 0.29) is 30.3 Å². The number of nitrogens with zero attached hydrogens (tertiary/aromatic N) is 5. The fourth-order valence-corrected chi connectivity index (χ4v) is 3.95.